The fraction of sp³-hybridized carbons (Fsp3) is 0.500. The summed E-state index contributed by atoms with van der Waals surface area (Å²) < 4.78 is 5.46. The van der Waals surface area contributed by atoms with Gasteiger partial charge in [0.25, 0.3) is 0 Å². The van der Waals surface area contributed by atoms with Gasteiger partial charge in [-0.15, -0.1) is 0 Å². The number of nitrogens with zero attached hydrogens (tertiary/aromatic N) is 1. The number of aromatic amines is 1. The van der Waals surface area contributed by atoms with Crippen LogP contribution >= 0.6 is 0 Å². The van der Waals surface area contributed by atoms with E-state index in [4.69, 9.17) is 9.72 Å². The van der Waals surface area contributed by atoms with E-state index >= 15 is 0 Å². The summed E-state index contributed by atoms with van der Waals surface area (Å²) in [6, 6.07) is 8.46. The summed E-state index contributed by atoms with van der Waals surface area (Å²) >= 11 is 0. The van der Waals surface area contributed by atoms with Crippen molar-refractivity contribution < 1.29 is 4.74 Å². The second kappa shape index (κ2) is 6.02. The number of aromatic nitrogens is 2. The van der Waals surface area contributed by atoms with Crippen molar-refractivity contribution in [2.45, 2.75) is 51.6 Å². The van der Waals surface area contributed by atoms with E-state index in [0.717, 1.165) is 24.4 Å². The van der Waals surface area contributed by atoms with Crippen LogP contribution in [0.3, 0.4) is 0 Å². The molecule has 3 nitrogen and oxygen atoms in total. The molecule has 3 heteroatoms. The monoisotopic (exact) mass is 284 g/mol. The number of benzene rings is 1. The SMILES string of the molecule is COC1CCC(c2nc(-c3ccccc3C)c(C)[nH]2)CC1. The van der Waals surface area contributed by atoms with Gasteiger partial charge in [0.15, 0.2) is 0 Å². The van der Waals surface area contributed by atoms with Crippen LogP contribution < -0.4 is 0 Å². The largest absolute Gasteiger partial charge is 0.381 e. The van der Waals surface area contributed by atoms with Crippen molar-refractivity contribution in [1.29, 1.82) is 0 Å². The highest BCUT2D eigenvalue weighted by Crippen LogP contribution is 2.34. The number of methoxy groups -OCH3 is 1. The molecule has 3 rings (SSSR count). The molecule has 1 aromatic carbocycles. The summed E-state index contributed by atoms with van der Waals surface area (Å²) in [6.45, 7) is 4.27. The Bertz CT molecular complexity index is 609. The molecular weight excluding hydrogens is 260 g/mol. The van der Waals surface area contributed by atoms with Crippen LogP contribution in [0.1, 0.15) is 48.7 Å². The summed E-state index contributed by atoms with van der Waals surface area (Å²) in [4.78, 5) is 8.44. The zero-order chi connectivity index (χ0) is 14.8. The first kappa shape index (κ1) is 14.3. The number of aryl methyl sites for hydroxylation is 2. The third-order valence-electron chi connectivity index (χ3n) is 4.70. The minimum atomic E-state index is 0.438. The van der Waals surface area contributed by atoms with Crippen molar-refractivity contribution >= 4 is 0 Å². The number of ether oxygens (including phenoxy) is 1. The van der Waals surface area contributed by atoms with E-state index in [9.17, 15) is 0 Å². The average molecular weight is 284 g/mol. The zero-order valence-corrected chi connectivity index (χ0v) is 13.1. The lowest BCUT2D eigenvalue weighted by atomic mass is 9.87. The first-order valence-corrected chi connectivity index (χ1v) is 7.84. The highest BCUT2D eigenvalue weighted by atomic mass is 16.5. The summed E-state index contributed by atoms with van der Waals surface area (Å²) in [6.07, 6.45) is 5.05. The quantitative estimate of drug-likeness (QED) is 0.909. The zero-order valence-electron chi connectivity index (χ0n) is 13.1. The van der Waals surface area contributed by atoms with E-state index in [0.29, 0.717) is 12.0 Å². The molecule has 1 fully saturated rings. The standard InChI is InChI=1S/C18H24N2O/c1-12-6-4-5-7-16(12)17-13(2)19-18(20-17)14-8-10-15(21-3)11-9-14/h4-7,14-15H,8-11H2,1-3H3,(H,19,20). The van der Waals surface area contributed by atoms with Gasteiger partial charge in [0.05, 0.1) is 11.8 Å². The van der Waals surface area contributed by atoms with Crippen LogP contribution in [-0.4, -0.2) is 23.2 Å². The smallest absolute Gasteiger partial charge is 0.110 e. The highest BCUT2D eigenvalue weighted by Gasteiger charge is 2.25. The van der Waals surface area contributed by atoms with Crippen LogP contribution in [0.15, 0.2) is 24.3 Å². The Kier molecular flexibility index (Phi) is 4.11. The maximum Gasteiger partial charge on any atom is 0.110 e. The predicted octanol–water partition coefficient (Wildman–Crippen LogP) is 4.37. The van der Waals surface area contributed by atoms with E-state index in [1.165, 1.54) is 29.7 Å². The minimum Gasteiger partial charge on any atom is -0.381 e. The first-order valence-electron chi connectivity index (χ1n) is 7.84. The Labute approximate surface area is 126 Å². The van der Waals surface area contributed by atoms with Gasteiger partial charge in [0.1, 0.15) is 5.82 Å². The molecule has 0 amide bonds. The number of hydrogen-bond acceptors (Lipinski definition) is 2. The molecule has 0 unspecified atom stereocenters. The lowest BCUT2D eigenvalue weighted by Crippen LogP contribution is -2.19. The summed E-state index contributed by atoms with van der Waals surface area (Å²) in [5.41, 5.74) is 4.80. The van der Waals surface area contributed by atoms with Crippen LogP contribution in [0.2, 0.25) is 0 Å². The molecule has 0 atom stereocenters. The fourth-order valence-electron chi connectivity index (χ4n) is 3.35. The van der Waals surface area contributed by atoms with Crippen molar-refractivity contribution in [3.05, 3.63) is 41.3 Å². The van der Waals surface area contributed by atoms with Gasteiger partial charge in [-0.05, 0) is 45.1 Å². The fourth-order valence-corrected chi connectivity index (χ4v) is 3.35. The molecule has 2 aromatic rings. The van der Waals surface area contributed by atoms with Gasteiger partial charge < -0.3 is 9.72 Å². The second-order valence-electron chi connectivity index (χ2n) is 6.12. The summed E-state index contributed by atoms with van der Waals surface area (Å²) in [7, 11) is 1.82. The van der Waals surface area contributed by atoms with Crippen molar-refractivity contribution in [3.63, 3.8) is 0 Å². The molecule has 0 aliphatic heterocycles. The average Bonchev–Trinajstić information content (AvgIpc) is 2.90. The normalized spacial score (nSPS) is 22.4. The molecule has 1 heterocycles. The summed E-state index contributed by atoms with van der Waals surface area (Å²) in [5.74, 6) is 1.70. The molecule has 0 radical (unpaired) electrons. The Hall–Kier alpha value is -1.61. The maximum absolute atomic E-state index is 5.46. The Balaban J connectivity index is 1.84. The van der Waals surface area contributed by atoms with Crippen LogP contribution in [0.4, 0.5) is 0 Å². The van der Waals surface area contributed by atoms with Crippen molar-refractivity contribution in [2.75, 3.05) is 7.11 Å². The van der Waals surface area contributed by atoms with Gasteiger partial charge in [-0.2, -0.15) is 0 Å². The number of imidazole rings is 1. The molecule has 1 aliphatic carbocycles. The first-order chi connectivity index (χ1) is 10.2. The van der Waals surface area contributed by atoms with Gasteiger partial charge in [-0.25, -0.2) is 4.98 Å². The Morgan fingerprint density at radius 2 is 1.81 bits per heavy atom. The molecule has 0 bridgehead atoms. The number of nitrogens with one attached hydrogen (secondary N) is 1. The van der Waals surface area contributed by atoms with E-state index in [-0.39, 0.29) is 0 Å². The Morgan fingerprint density at radius 3 is 2.48 bits per heavy atom. The van der Waals surface area contributed by atoms with Crippen LogP contribution in [0.25, 0.3) is 11.3 Å². The van der Waals surface area contributed by atoms with E-state index < -0.39 is 0 Å². The third kappa shape index (κ3) is 2.88. The molecule has 1 aromatic heterocycles. The molecule has 112 valence electrons. The predicted molar refractivity (Wildman–Crippen MR) is 85.5 cm³/mol. The Morgan fingerprint density at radius 1 is 1.10 bits per heavy atom. The lowest BCUT2D eigenvalue weighted by molar-refractivity contribution is 0.0652. The number of hydrogen-bond donors (Lipinski definition) is 1. The minimum absolute atomic E-state index is 0.438. The molecule has 0 saturated heterocycles. The van der Waals surface area contributed by atoms with Crippen molar-refractivity contribution in [3.8, 4) is 11.3 Å². The molecule has 1 N–H and O–H groups in total. The topological polar surface area (TPSA) is 37.9 Å². The van der Waals surface area contributed by atoms with Gasteiger partial charge >= 0.3 is 0 Å². The van der Waals surface area contributed by atoms with Gasteiger partial charge in [-0.1, -0.05) is 24.3 Å². The molecular formula is C18H24N2O. The molecule has 1 aliphatic rings. The van der Waals surface area contributed by atoms with Crippen LogP contribution in [0, 0.1) is 13.8 Å². The number of H-pyrrole nitrogens is 1. The van der Waals surface area contributed by atoms with Crippen LogP contribution in [-0.2, 0) is 4.74 Å². The number of rotatable bonds is 3. The van der Waals surface area contributed by atoms with Gasteiger partial charge in [-0.3, -0.25) is 0 Å². The maximum atomic E-state index is 5.46. The van der Waals surface area contributed by atoms with Crippen LogP contribution in [0.5, 0.6) is 0 Å². The van der Waals surface area contributed by atoms with Gasteiger partial charge in [0.2, 0.25) is 0 Å². The van der Waals surface area contributed by atoms with E-state index in [1.54, 1.807) is 0 Å². The molecule has 21 heavy (non-hydrogen) atoms. The summed E-state index contributed by atoms with van der Waals surface area (Å²) in [5, 5.41) is 0. The van der Waals surface area contributed by atoms with E-state index in [2.05, 4.69) is 43.1 Å². The molecule has 1 saturated carbocycles. The van der Waals surface area contributed by atoms with Crippen molar-refractivity contribution in [1.82, 2.24) is 9.97 Å². The lowest BCUT2D eigenvalue weighted by Gasteiger charge is -2.26. The van der Waals surface area contributed by atoms with Gasteiger partial charge in [0, 0.05) is 24.3 Å². The molecule has 0 spiro atoms. The highest BCUT2D eigenvalue weighted by molar-refractivity contribution is 5.65. The van der Waals surface area contributed by atoms with Crippen molar-refractivity contribution in [2.24, 2.45) is 0 Å². The third-order valence-corrected chi connectivity index (χ3v) is 4.70. The van der Waals surface area contributed by atoms with E-state index in [1.807, 2.05) is 7.11 Å². The second-order valence-corrected chi connectivity index (χ2v) is 6.12.